The summed E-state index contributed by atoms with van der Waals surface area (Å²) in [5, 5.41) is 7.90. The normalized spacial score (nSPS) is 11.3. The molecule has 0 aliphatic carbocycles. The molecule has 1 heterocycles. The lowest BCUT2D eigenvalue weighted by Gasteiger charge is -2.11. The zero-order chi connectivity index (χ0) is 15.2. The lowest BCUT2D eigenvalue weighted by atomic mass is 10.1. The molecule has 0 amide bonds. The summed E-state index contributed by atoms with van der Waals surface area (Å²) >= 11 is 0. The van der Waals surface area contributed by atoms with Crippen LogP contribution in [0.4, 0.5) is 4.39 Å². The highest BCUT2D eigenvalue weighted by Crippen LogP contribution is 2.17. The van der Waals surface area contributed by atoms with Crippen LogP contribution in [0.25, 0.3) is 5.69 Å². The maximum atomic E-state index is 13.4. The summed E-state index contributed by atoms with van der Waals surface area (Å²) in [5.41, 5.74) is 3.15. The van der Waals surface area contributed by atoms with E-state index in [4.69, 9.17) is 0 Å². The number of hydrogen-bond acceptors (Lipinski definition) is 2. The monoisotopic (exact) mass is 289 g/mol. The van der Waals surface area contributed by atoms with Gasteiger partial charge in [0.25, 0.3) is 0 Å². The molecule has 4 heteroatoms. The first-order valence-corrected chi connectivity index (χ1v) is 7.64. The Balaban J connectivity index is 2.23. The van der Waals surface area contributed by atoms with Gasteiger partial charge in [-0.05, 0) is 37.1 Å². The molecule has 0 unspecified atom stereocenters. The molecule has 0 saturated carbocycles. The van der Waals surface area contributed by atoms with E-state index in [2.05, 4.69) is 31.2 Å². The molecule has 0 saturated heterocycles. The van der Waals surface area contributed by atoms with Crippen molar-refractivity contribution in [2.45, 2.75) is 40.2 Å². The van der Waals surface area contributed by atoms with Crippen molar-refractivity contribution in [2.24, 2.45) is 5.92 Å². The fourth-order valence-corrected chi connectivity index (χ4v) is 2.38. The van der Waals surface area contributed by atoms with Crippen molar-refractivity contribution in [3.63, 3.8) is 0 Å². The molecule has 1 aromatic heterocycles. The maximum Gasteiger partial charge on any atom is 0.125 e. The smallest absolute Gasteiger partial charge is 0.125 e. The van der Waals surface area contributed by atoms with Gasteiger partial charge in [0.15, 0.2) is 0 Å². The average Bonchev–Trinajstić information content (AvgIpc) is 2.82. The van der Waals surface area contributed by atoms with E-state index in [0.717, 1.165) is 31.6 Å². The van der Waals surface area contributed by atoms with E-state index < -0.39 is 0 Å². The molecule has 1 aromatic carbocycles. The molecule has 0 bridgehead atoms. The van der Waals surface area contributed by atoms with Crippen LogP contribution in [0.1, 0.15) is 38.4 Å². The minimum Gasteiger partial charge on any atom is -0.312 e. The predicted molar refractivity (Wildman–Crippen MR) is 84.1 cm³/mol. The summed E-state index contributed by atoms with van der Waals surface area (Å²) in [5.74, 6) is 0.392. The van der Waals surface area contributed by atoms with Crippen LogP contribution in [-0.4, -0.2) is 16.3 Å². The van der Waals surface area contributed by atoms with Crippen molar-refractivity contribution in [1.82, 2.24) is 15.1 Å². The highest BCUT2D eigenvalue weighted by molar-refractivity contribution is 5.35. The summed E-state index contributed by atoms with van der Waals surface area (Å²) in [6.45, 7) is 8.32. The van der Waals surface area contributed by atoms with E-state index in [1.54, 1.807) is 6.07 Å². The highest BCUT2D eigenvalue weighted by Gasteiger charge is 2.12. The van der Waals surface area contributed by atoms with Crippen LogP contribution < -0.4 is 5.32 Å². The topological polar surface area (TPSA) is 29.9 Å². The van der Waals surface area contributed by atoms with Crippen molar-refractivity contribution in [2.75, 3.05) is 6.54 Å². The van der Waals surface area contributed by atoms with E-state index in [1.807, 2.05) is 16.9 Å². The SMILES string of the molecule is CCCc1c(CNCC(C)C)cnn1-c1cccc(F)c1. The minimum absolute atomic E-state index is 0.232. The standard InChI is InChI=1S/C17H24FN3/c1-4-6-17-14(11-19-10-13(2)3)12-20-21(17)16-8-5-7-15(18)9-16/h5,7-9,12-13,19H,4,6,10-11H2,1-3H3. The predicted octanol–water partition coefficient (Wildman–Crippen LogP) is 3.71. The summed E-state index contributed by atoms with van der Waals surface area (Å²) in [4.78, 5) is 0. The quantitative estimate of drug-likeness (QED) is 0.842. The first-order valence-electron chi connectivity index (χ1n) is 7.64. The van der Waals surface area contributed by atoms with Gasteiger partial charge in [-0.2, -0.15) is 5.10 Å². The fraction of sp³-hybridized carbons (Fsp3) is 0.471. The number of benzene rings is 1. The average molecular weight is 289 g/mol. The van der Waals surface area contributed by atoms with Gasteiger partial charge in [-0.1, -0.05) is 33.3 Å². The number of rotatable bonds is 7. The molecule has 0 spiro atoms. The molecule has 3 nitrogen and oxygen atoms in total. The number of aromatic nitrogens is 2. The number of hydrogen-bond donors (Lipinski definition) is 1. The Kier molecular flexibility index (Phi) is 5.51. The molecule has 0 aliphatic heterocycles. The molecular weight excluding hydrogens is 265 g/mol. The minimum atomic E-state index is -0.232. The Hall–Kier alpha value is -1.68. The van der Waals surface area contributed by atoms with Crippen molar-refractivity contribution in [1.29, 1.82) is 0 Å². The number of nitrogens with one attached hydrogen (secondary N) is 1. The molecule has 0 aliphatic rings. The molecule has 0 fully saturated rings. The number of nitrogens with zero attached hydrogens (tertiary/aromatic N) is 2. The van der Waals surface area contributed by atoms with Crippen LogP contribution >= 0.6 is 0 Å². The molecule has 0 atom stereocenters. The Morgan fingerprint density at radius 2 is 2.14 bits per heavy atom. The lowest BCUT2D eigenvalue weighted by Crippen LogP contribution is -2.19. The third kappa shape index (κ3) is 4.14. The van der Waals surface area contributed by atoms with Gasteiger partial charge in [0.2, 0.25) is 0 Å². The molecule has 114 valence electrons. The van der Waals surface area contributed by atoms with E-state index in [-0.39, 0.29) is 5.82 Å². The van der Waals surface area contributed by atoms with Crippen LogP contribution in [0.15, 0.2) is 30.5 Å². The zero-order valence-corrected chi connectivity index (χ0v) is 13.1. The lowest BCUT2D eigenvalue weighted by molar-refractivity contribution is 0.550. The molecular formula is C17H24FN3. The summed E-state index contributed by atoms with van der Waals surface area (Å²) < 4.78 is 15.3. The molecule has 1 N–H and O–H groups in total. The van der Waals surface area contributed by atoms with Gasteiger partial charge in [0.1, 0.15) is 5.82 Å². The molecule has 2 rings (SSSR count). The van der Waals surface area contributed by atoms with Gasteiger partial charge < -0.3 is 5.32 Å². The van der Waals surface area contributed by atoms with Crippen LogP contribution in [-0.2, 0) is 13.0 Å². The van der Waals surface area contributed by atoms with Gasteiger partial charge in [0, 0.05) is 17.8 Å². The first-order chi connectivity index (χ1) is 10.1. The fourth-order valence-electron chi connectivity index (χ4n) is 2.38. The summed E-state index contributed by atoms with van der Waals surface area (Å²) in [7, 11) is 0. The van der Waals surface area contributed by atoms with Gasteiger partial charge in [0.05, 0.1) is 11.9 Å². The van der Waals surface area contributed by atoms with Gasteiger partial charge >= 0.3 is 0 Å². The molecule has 0 radical (unpaired) electrons. The van der Waals surface area contributed by atoms with Crippen LogP contribution in [0.2, 0.25) is 0 Å². The van der Waals surface area contributed by atoms with Gasteiger partial charge in [-0.25, -0.2) is 9.07 Å². The van der Waals surface area contributed by atoms with Crippen molar-refractivity contribution < 1.29 is 4.39 Å². The van der Waals surface area contributed by atoms with Crippen molar-refractivity contribution in [3.05, 3.63) is 47.5 Å². The summed E-state index contributed by atoms with van der Waals surface area (Å²) in [6.07, 6.45) is 3.87. The molecule has 21 heavy (non-hydrogen) atoms. The third-order valence-electron chi connectivity index (χ3n) is 3.36. The van der Waals surface area contributed by atoms with E-state index in [9.17, 15) is 4.39 Å². The Morgan fingerprint density at radius 3 is 2.81 bits per heavy atom. The van der Waals surface area contributed by atoms with Gasteiger partial charge in [-0.3, -0.25) is 0 Å². The molecule has 2 aromatic rings. The largest absolute Gasteiger partial charge is 0.312 e. The maximum absolute atomic E-state index is 13.4. The Morgan fingerprint density at radius 1 is 1.33 bits per heavy atom. The Labute approximate surface area is 126 Å². The number of halogens is 1. The van der Waals surface area contributed by atoms with E-state index >= 15 is 0 Å². The van der Waals surface area contributed by atoms with Gasteiger partial charge in [-0.15, -0.1) is 0 Å². The second-order valence-corrected chi connectivity index (χ2v) is 5.78. The first kappa shape index (κ1) is 15.7. The Bertz CT molecular complexity index is 575. The second-order valence-electron chi connectivity index (χ2n) is 5.78. The second kappa shape index (κ2) is 7.36. The van der Waals surface area contributed by atoms with Crippen LogP contribution in [0.5, 0.6) is 0 Å². The van der Waals surface area contributed by atoms with Crippen LogP contribution in [0.3, 0.4) is 0 Å². The van der Waals surface area contributed by atoms with Crippen LogP contribution in [0, 0.1) is 11.7 Å². The third-order valence-corrected chi connectivity index (χ3v) is 3.36. The summed E-state index contributed by atoms with van der Waals surface area (Å²) in [6, 6.07) is 6.59. The zero-order valence-electron chi connectivity index (χ0n) is 13.1. The van der Waals surface area contributed by atoms with Crippen molar-refractivity contribution >= 4 is 0 Å². The van der Waals surface area contributed by atoms with E-state index in [0.29, 0.717) is 5.92 Å². The highest BCUT2D eigenvalue weighted by atomic mass is 19.1. The van der Waals surface area contributed by atoms with E-state index in [1.165, 1.54) is 23.4 Å². The van der Waals surface area contributed by atoms with Crippen molar-refractivity contribution in [3.8, 4) is 5.69 Å².